The number of fused-ring (bicyclic) bond motifs is 3. The van der Waals surface area contributed by atoms with Gasteiger partial charge < -0.3 is 9.97 Å². The van der Waals surface area contributed by atoms with Gasteiger partial charge >= 0.3 is 0 Å². The first-order valence-electron chi connectivity index (χ1n) is 11.8. The van der Waals surface area contributed by atoms with Crippen molar-refractivity contribution < 1.29 is 20.1 Å². The molecule has 4 heteroatoms. The molecule has 0 amide bonds. The van der Waals surface area contributed by atoms with Crippen molar-refractivity contribution in [3.63, 3.8) is 0 Å². The summed E-state index contributed by atoms with van der Waals surface area (Å²) in [6.45, 7) is 6.58. The molecule has 0 saturated carbocycles. The van der Waals surface area contributed by atoms with Crippen molar-refractivity contribution in [3.05, 3.63) is 109 Å². The Hall–Kier alpha value is -3.17. The van der Waals surface area contributed by atoms with Gasteiger partial charge in [-0.05, 0) is 55.2 Å². The first kappa shape index (κ1) is 24.5. The van der Waals surface area contributed by atoms with Crippen LogP contribution in [-0.4, -0.2) is 9.97 Å². The van der Waals surface area contributed by atoms with E-state index in [4.69, 9.17) is 0 Å². The van der Waals surface area contributed by atoms with Gasteiger partial charge in [-0.3, -0.25) is 0 Å². The van der Waals surface area contributed by atoms with Crippen molar-refractivity contribution in [1.82, 2.24) is 9.97 Å². The van der Waals surface area contributed by atoms with Crippen molar-refractivity contribution in [3.8, 4) is 11.3 Å². The Morgan fingerprint density at radius 3 is 2.31 bits per heavy atom. The minimum atomic E-state index is 0. The predicted molar refractivity (Wildman–Crippen MR) is 149 cm³/mol. The standard InChI is InChI=1S/C17H8NS.C15H16N.Ir/c1-4-10-11-6-3-9-18-17(11)12-5-2-8-14-16(12)15(10)13(7-1)19-14;1-15(2,3)13-9-10-14(16-11-13)12-7-5-4-6-8-12;/h1-4,6-9H;4-7,9-11H,1-3H3;/q2*-1;. The summed E-state index contributed by atoms with van der Waals surface area (Å²) >= 11 is 1.85. The number of nitrogens with zero attached hydrogens (tertiary/aromatic N) is 2. The van der Waals surface area contributed by atoms with Gasteiger partial charge in [0.1, 0.15) is 0 Å². The van der Waals surface area contributed by atoms with Gasteiger partial charge in [-0.15, -0.1) is 59.5 Å². The fourth-order valence-electron chi connectivity index (χ4n) is 4.59. The molecule has 0 spiro atoms. The van der Waals surface area contributed by atoms with Crippen LogP contribution in [0.5, 0.6) is 0 Å². The molecule has 0 fully saturated rings. The molecule has 4 aromatic carbocycles. The number of hydrogen-bond donors (Lipinski definition) is 0. The third-order valence-corrected chi connectivity index (χ3v) is 7.52. The van der Waals surface area contributed by atoms with Crippen LogP contribution in [0, 0.1) is 12.1 Å². The van der Waals surface area contributed by atoms with E-state index in [1.165, 1.54) is 36.5 Å². The van der Waals surface area contributed by atoms with Gasteiger partial charge in [-0.25, -0.2) is 0 Å². The first-order chi connectivity index (χ1) is 17.0. The van der Waals surface area contributed by atoms with Gasteiger partial charge in [0.05, 0.1) is 0 Å². The molecule has 7 aromatic rings. The quantitative estimate of drug-likeness (QED) is 0.130. The number of pyridine rings is 2. The van der Waals surface area contributed by atoms with Crippen LogP contribution in [-0.2, 0) is 25.5 Å². The van der Waals surface area contributed by atoms with E-state index in [9.17, 15) is 0 Å². The topological polar surface area (TPSA) is 25.8 Å². The minimum absolute atomic E-state index is 0. The largest absolute Gasteiger partial charge is 0.304 e. The normalized spacial score (nSPS) is 11.5. The molecule has 3 aromatic heterocycles. The van der Waals surface area contributed by atoms with Crippen molar-refractivity contribution in [1.29, 1.82) is 0 Å². The summed E-state index contributed by atoms with van der Waals surface area (Å²) in [5.41, 5.74) is 4.50. The summed E-state index contributed by atoms with van der Waals surface area (Å²) < 4.78 is 2.68. The van der Waals surface area contributed by atoms with Gasteiger partial charge in [-0.1, -0.05) is 56.5 Å². The van der Waals surface area contributed by atoms with Gasteiger partial charge in [0.15, 0.2) is 0 Å². The number of benzene rings is 4. The van der Waals surface area contributed by atoms with E-state index in [1.54, 1.807) is 0 Å². The summed E-state index contributed by atoms with van der Waals surface area (Å²) in [7, 11) is 0. The first-order valence-corrected chi connectivity index (χ1v) is 12.6. The molecule has 0 unspecified atom stereocenters. The summed E-state index contributed by atoms with van der Waals surface area (Å²) in [5, 5.41) is 6.37. The van der Waals surface area contributed by atoms with E-state index in [2.05, 4.69) is 85.3 Å². The van der Waals surface area contributed by atoms with Crippen molar-refractivity contribution >= 4 is 53.2 Å². The van der Waals surface area contributed by atoms with Gasteiger partial charge in [-0.2, -0.15) is 11.3 Å². The molecular formula is C32H24IrN2S-2. The van der Waals surface area contributed by atoms with Crippen LogP contribution in [0.2, 0.25) is 0 Å². The fraction of sp³-hybridized carbons (Fsp3) is 0.125. The maximum Gasteiger partial charge on any atom is 0.0251 e. The Labute approximate surface area is 228 Å². The molecule has 7 rings (SSSR count). The van der Waals surface area contributed by atoms with Crippen LogP contribution >= 0.6 is 11.3 Å². The fourth-order valence-corrected chi connectivity index (χ4v) is 5.73. The predicted octanol–water partition coefficient (Wildman–Crippen LogP) is 8.84. The second-order valence-electron chi connectivity index (χ2n) is 9.73. The Morgan fingerprint density at radius 1 is 0.722 bits per heavy atom. The molecular weight excluding hydrogens is 637 g/mol. The van der Waals surface area contributed by atoms with Crippen LogP contribution in [0.1, 0.15) is 26.3 Å². The molecule has 0 aliphatic heterocycles. The van der Waals surface area contributed by atoms with E-state index in [-0.39, 0.29) is 25.5 Å². The number of hydrogen-bond acceptors (Lipinski definition) is 3. The van der Waals surface area contributed by atoms with Crippen molar-refractivity contribution in [2.24, 2.45) is 0 Å². The molecule has 0 N–H and O–H groups in total. The van der Waals surface area contributed by atoms with Crippen LogP contribution in [0.25, 0.3) is 53.1 Å². The van der Waals surface area contributed by atoms with E-state index in [0.29, 0.717) is 0 Å². The Bertz CT molecular complexity index is 1680. The van der Waals surface area contributed by atoms with Gasteiger partial charge in [0, 0.05) is 37.2 Å². The smallest absolute Gasteiger partial charge is 0.0251 e. The van der Waals surface area contributed by atoms with E-state index in [1.807, 2.05) is 60.1 Å². The molecule has 1 radical (unpaired) electrons. The zero-order valence-corrected chi connectivity index (χ0v) is 23.5. The zero-order chi connectivity index (χ0) is 24.0. The SMILES string of the molecule is CC(C)(C)c1ccc(-c2[c-]cccc2)nc1.[Ir].[c-]1ccc2sc3cccc4c5cccnc5c1c2c34. The van der Waals surface area contributed by atoms with E-state index < -0.39 is 0 Å². The molecule has 36 heavy (non-hydrogen) atoms. The number of aromatic nitrogens is 2. The van der Waals surface area contributed by atoms with E-state index in [0.717, 1.165) is 22.2 Å². The van der Waals surface area contributed by atoms with E-state index >= 15 is 0 Å². The molecule has 0 aliphatic rings. The van der Waals surface area contributed by atoms with Crippen LogP contribution < -0.4 is 0 Å². The second kappa shape index (κ2) is 9.71. The molecule has 0 atom stereocenters. The Balaban J connectivity index is 0.000000147. The summed E-state index contributed by atoms with van der Waals surface area (Å²) in [5.74, 6) is 0. The molecule has 3 heterocycles. The molecule has 179 valence electrons. The molecule has 0 bridgehead atoms. The molecule has 0 aliphatic carbocycles. The third-order valence-electron chi connectivity index (χ3n) is 6.40. The van der Waals surface area contributed by atoms with Crippen molar-refractivity contribution in [2.75, 3.05) is 0 Å². The van der Waals surface area contributed by atoms with Crippen LogP contribution in [0.4, 0.5) is 0 Å². The summed E-state index contributed by atoms with van der Waals surface area (Å²) in [6.07, 6.45) is 3.82. The maximum atomic E-state index is 4.58. The summed E-state index contributed by atoms with van der Waals surface area (Å²) in [4.78, 5) is 9.07. The maximum absolute atomic E-state index is 4.58. The average Bonchev–Trinajstić information content (AvgIpc) is 3.28. The summed E-state index contributed by atoms with van der Waals surface area (Å²) in [6, 6.07) is 33.5. The average molecular weight is 661 g/mol. The Kier molecular flexibility index (Phi) is 6.61. The third kappa shape index (κ3) is 4.30. The van der Waals surface area contributed by atoms with Gasteiger partial charge in [0.2, 0.25) is 0 Å². The minimum Gasteiger partial charge on any atom is -0.304 e. The Morgan fingerprint density at radius 2 is 1.56 bits per heavy atom. The van der Waals surface area contributed by atoms with Crippen LogP contribution in [0.15, 0.2) is 91.3 Å². The monoisotopic (exact) mass is 661 g/mol. The molecule has 2 nitrogen and oxygen atoms in total. The van der Waals surface area contributed by atoms with Crippen LogP contribution in [0.3, 0.4) is 0 Å². The van der Waals surface area contributed by atoms with Crippen molar-refractivity contribution in [2.45, 2.75) is 26.2 Å². The second-order valence-corrected chi connectivity index (χ2v) is 10.8. The number of rotatable bonds is 1. The van der Waals surface area contributed by atoms with Gasteiger partial charge in [0.25, 0.3) is 0 Å². The zero-order valence-electron chi connectivity index (χ0n) is 20.3. The molecule has 0 saturated heterocycles. The number of thiophene rings is 1.